The highest BCUT2D eigenvalue weighted by atomic mass is 35.5. The van der Waals surface area contributed by atoms with E-state index < -0.39 is 0 Å². The summed E-state index contributed by atoms with van der Waals surface area (Å²) in [6.07, 6.45) is 5.07. The van der Waals surface area contributed by atoms with E-state index in [4.69, 9.17) is 16.3 Å². The molecule has 1 N–H and O–H groups in total. The second kappa shape index (κ2) is 9.24. The number of carbonyl (C=O) groups excluding carboxylic acids is 2. The van der Waals surface area contributed by atoms with Gasteiger partial charge in [0, 0.05) is 35.3 Å². The third-order valence-electron chi connectivity index (χ3n) is 6.48. The second-order valence-electron chi connectivity index (χ2n) is 8.93. The third-order valence-corrected chi connectivity index (χ3v) is 7.68. The van der Waals surface area contributed by atoms with Crippen molar-refractivity contribution in [3.8, 4) is 16.9 Å². The van der Waals surface area contributed by atoms with Crippen molar-refractivity contribution in [2.24, 2.45) is 0 Å². The molecule has 2 amide bonds. The standard InChI is InChI=1S/C25H22ClN7O3S/c1-13-6-15(16-8-22(26)28-10-20(16)36-2)17(9-27-13)23(34)30-25-29-19-11-32(12-21(19)37-25)24(35)18-7-14-4-3-5-33(14)31-18/h6-10H,3-5,11-12H2,1-2H3,(H,29,30,34). The summed E-state index contributed by atoms with van der Waals surface area (Å²) in [5.74, 6) is 0.0355. The van der Waals surface area contributed by atoms with Gasteiger partial charge in [0.1, 0.15) is 10.9 Å². The molecule has 10 nitrogen and oxygen atoms in total. The molecule has 0 fully saturated rings. The number of nitrogens with zero attached hydrogens (tertiary/aromatic N) is 6. The van der Waals surface area contributed by atoms with Crippen molar-refractivity contribution in [1.29, 1.82) is 0 Å². The minimum Gasteiger partial charge on any atom is -0.494 e. The van der Waals surface area contributed by atoms with E-state index in [-0.39, 0.29) is 17.0 Å². The van der Waals surface area contributed by atoms with E-state index in [0.717, 1.165) is 41.3 Å². The Morgan fingerprint density at radius 2 is 2.00 bits per heavy atom. The number of pyridine rings is 2. The lowest BCUT2D eigenvalue weighted by molar-refractivity contribution is 0.0743. The maximum Gasteiger partial charge on any atom is 0.275 e. The number of hydrogen-bond acceptors (Lipinski definition) is 8. The number of carbonyl (C=O) groups is 2. The molecule has 6 rings (SSSR count). The zero-order valence-electron chi connectivity index (χ0n) is 20.1. The number of methoxy groups -OCH3 is 1. The van der Waals surface area contributed by atoms with Crippen molar-refractivity contribution in [2.45, 2.75) is 39.4 Å². The van der Waals surface area contributed by atoms with Crippen LogP contribution in [0.5, 0.6) is 5.75 Å². The maximum absolute atomic E-state index is 13.3. The van der Waals surface area contributed by atoms with Gasteiger partial charge in [-0.05, 0) is 38.0 Å². The van der Waals surface area contributed by atoms with Crippen LogP contribution in [0.2, 0.25) is 5.15 Å². The summed E-state index contributed by atoms with van der Waals surface area (Å²) in [6.45, 7) is 3.52. The van der Waals surface area contributed by atoms with Gasteiger partial charge in [-0.1, -0.05) is 22.9 Å². The van der Waals surface area contributed by atoms with Crippen molar-refractivity contribution >= 4 is 39.9 Å². The molecule has 0 bridgehead atoms. The molecule has 4 aromatic heterocycles. The average molecular weight is 536 g/mol. The molecule has 0 radical (unpaired) electrons. The molecule has 0 saturated heterocycles. The highest BCUT2D eigenvalue weighted by molar-refractivity contribution is 7.16. The van der Waals surface area contributed by atoms with Crippen LogP contribution in [0.4, 0.5) is 5.13 Å². The monoisotopic (exact) mass is 535 g/mol. The molecular formula is C25H22ClN7O3S. The number of fused-ring (bicyclic) bond motifs is 2. The van der Waals surface area contributed by atoms with Crippen molar-refractivity contribution in [2.75, 3.05) is 12.4 Å². The number of anilines is 1. The van der Waals surface area contributed by atoms with Crippen LogP contribution in [-0.2, 0) is 26.1 Å². The van der Waals surface area contributed by atoms with Gasteiger partial charge in [-0.3, -0.25) is 24.6 Å². The lowest BCUT2D eigenvalue weighted by atomic mass is 10.0. The van der Waals surface area contributed by atoms with Gasteiger partial charge in [-0.2, -0.15) is 5.10 Å². The van der Waals surface area contributed by atoms with Crippen molar-refractivity contribution < 1.29 is 14.3 Å². The molecule has 0 atom stereocenters. The summed E-state index contributed by atoms with van der Waals surface area (Å²) in [7, 11) is 1.53. The summed E-state index contributed by atoms with van der Waals surface area (Å²) in [4.78, 5) is 41.9. The average Bonchev–Trinajstić information content (AvgIpc) is 3.64. The number of thiazole rings is 1. The molecular weight excluding hydrogens is 514 g/mol. The minimum absolute atomic E-state index is 0.0991. The number of amides is 2. The second-order valence-corrected chi connectivity index (χ2v) is 10.4. The minimum atomic E-state index is -0.356. The number of aromatic nitrogens is 5. The molecule has 188 valence electrons. The molecule has 0 aromatic carbocycles. The summed E-state index contributed by atoms with van der Waals surface area (Å²) in [5.41, 5.74) is 4.72. The molecule has 37 heavy (non-hydrogen) atoms. The Balaban J connectivity index is 1.20. The van der Waals surface area contributed by atoms with Crippen LogP contribution >= 0.6 is 22.9 Å². The molecule has 12 heteroatoms. The van der Waals surface area contributed by atoms with E-state index >= 15 is 0 Å². The van der Waals surface area contributed by atoms with E-state index in [1.54, 1.807) is 17.0 Å². The first kappa shape index (κ1) is 23.6. The summed E-state index contributed by atoms with van der Waals surface area (Å²) < 4.78 is 7.36. The SMILES string of the molecule is COc1cnc(Cl)cc1-c1cc(C)ncc1C(=O)Nc1nc2c(s1)CN(C(=O)c1cc3n(n1)CCC3)C2. The van der Waals surface area contributed by atoms with Gasteiger partial charge in [-0.25, -0.2) is 9.97 Å². The van der Waals surface area contributed by atoms with Gasteiger partial charge < -0.3 is 9.64 Å². The first-order valence-corrected chi connectivity index (χ1v) is 12.9. The molecule has 0 spiro atoms. The first-order chi connectivity index (χ1) is 17.9. The zero-order chi connectivity index (χ0) is 25.7. The molecule has 0 unspecified atom stereocenters. The molecule has 4 aromatic rings. The van der Waals surface area contributed by atoms with Gasteiger partial charge >= 0.3 is 0 Å². The topological polar surface area (TPSA) is 115 Å². The molecule has 2 aliphatic rings. The number of hydrogen-bond donors (Lipinski definition) is 1. The van der Waals surface area contributed by atoms with Gasteiger partial charge in [-0.15, -0.1) is 0 Å². The number of halogens is 1. The predicted octanol–water partition coefficient (Wildman–Crippen LogP) is 4.12. The Morgan fingerprint density at radius 3 is 2.78 bits per heavy atom. The van der Waals surface area contributed by atoms with Crippen LogP contribution in [0.25, 0.3) is 11.1 Å². The summed E-state index contributed by atoms with van der Waals surface area (Å²) in [6, 6.07) is 5.35. The molecule has 0 aliphatic carbocycles. The predicted molar refractivity (Wildman–Crippen MR) is 138 cm³/mol. The first-order valence-electron chi connectivity index (χ1n) is 11.7. The van der Waals surface area contributed by atoms with Crippen LogP contribution in [0, 0.1) is 6.92 Å². The van der Waals surface area contributed by atoms with Crippen LogP contribution in [0.15, 0.2) is 30.6 Å². The number of ether oxygens (including phenoxy) is 1. The van der Waals surface area contributed by atoms with Crippen LogP contribution in [0.1, 0.15) is 49.2 Å². The van der Waals surface area contributed by atoms with E-state index in [9.17, 15) is 9.59 Å². The lowest BCUT2D eigenvalue weighted by Gasteiger charge is -2.14. The van der Waals surface area contributed by atoms with E-state index in [1.165, 1.54) is 30.8 Å². The zero-order valence-corrected chi connectivity index (χ0v) is 21.7. The van der Waals surface area contributed by atoms with E-state index in [1.807, 2.05) is 17.7 Å². The lowest BCUT2D eigenvalue weighted by Crippen LogP contribution is -2.26. The van der Waals surface area contributed by atoms with E-state index in [0.29, 0.717) is 46.4 Å². The fraction of sp³-hybridized carbons (Fsp3) is 0.280. The van der Waals surface area contributed by atoms with Gasteiger partial charge in [0.05, 0.1) is 42.5 Å². The third kappa shape index (κ3) is 4.34. The van der Waals surface area contributed by atoms with Gasteiger partial charge in [0.2, 0.25) is 0 Å². The van der Waals surface area contributed by atoms with Crippen molar-refractivity contribution in [3.63, 3.8) is 0 Å². The molecule has 0 saturated carbocycles. The Bertz CT molecular complexity index is 1520. The molecule has 6 heterocycles. The fourth-order valence-electron chi connectivity index (χ4n) is 4.68. The Labute approximate surface area is 221 Å². The Kier molecular flexibility index (Phi) is 5.88. The van der Waals surface area contributed by atoms with E-state index in [2.05, 4.69) is 25.4 Å². The largest absolute Gasteiger partial charge is 0.494 e. The van der Waals surface area contributed by atoms with Crippen LogP contribution < -0.4 is 10.1 Å². The quantitative estimate of drug-likeness (QED) is 0.382. The van der Waals surface area contributed by atoms with Crippen LogP contribution in [-0.4, -0.2) is 48.6 Å². The fourth-order valence-corrected chi connectivity index (χ4v) is 5.82. The Morgan fingerprint density at radius 1 is 1.14 bits per heavy atom. The number of rotatable bonds is 5. The number of nitrogens with one attached hydrogen (secondary N) is 1. The maximum atomic E-state index is 13.3. The number of aryl methyl sites for hydroxylation is 3. The Hall–Kier alpha value is -3.83. The van der Waals surface area contributed by atoms with Crippen molar-refractivity contribution in [3.05, 3.63) is 69.0 Å². The van der Waals surface area contributed by atoms with Crippen molar-refractivity contribution in [1.82, 2.24) is 29.6 Å². The highest BCUT2D eigenvalue weighted by Crippen LogP contribution is 2.35. The smallest absolute Gasteiger partial charge is 0.275 e. The molecule has 2 aliphatic heterocycles. The van der Waals surface area contributed by atoms with Gasteiger partial charge in [0.25, 0.3) is 11.8 Å². The van der Waals surface area contributed by atoms with Crippen LogP contribution in [0.3, 0.4) is 0 Å². The normalized spacial score (nSPS) is 14.0. The van der Waals surface area contributed by atoms with Gasteiger partial charge in [0.15, 0.2) is 10.8 Å². The summed E-state index contributed by atoms with van der Waals surface area (Å²) >= 11 is 7.50. The summed E-state index contributed by atoms with van der Waals surface area (Å²) in [5, 5.41) is 8.10. The highest BCUT2D eigenvalue weighted by Gasteiger charge is 2.31.